The summed E-state index contributed by atoms with van der Waals surface area (Å²) in [5.41, 5.74) is 7.75. The van der Waals surface area contributed by atoms with Gasteiger partial charge in [0.1, 0.15) is 11.5 Å². The van der Waals surface area contributed by atoms with Gasteiger partial charge in [0, 0.05) is 14.2 Å². The fourth-order valence-electron chi connectivity index (χ4n) is 4.93. The first-order valence-electron chi connectivity index (χ1n) is 13.6. The van der Waals surface area contributed by atoms with Crippen LogP contribution in [0.5, 0.6) is 11.5 Å². The zero-order valence-corrected chi connectivity index (χ0v) is 23.9. The summed E-state index contributed by atoms with van der Waals surface area (Å²) in [7, 11) is 3.02. The molecule has 1 aliphatic carbocycles. The lowest BCUT2D eigenvalue weighted by Crippen LogP contribution is -2.13. The third kappa shape index (κ3) is 7.69. The number of hydrogen-bond donors (Lipinski definition) is 0. The van der Waals surface area contributed by atoms with Crippen LogP contribution >= 0.6 is 0 Å². The van der Waals surface area contributed by atoms with Crippen LogP contribution in [-0.2, 0) is 19.1 Å². The molecule has 1 atom stereocenters. The molecular formula is C35H36O6. The van der Waals surface area contributed by atoms with Crippen molar-refractivity contribution in [1.29, 1.82) is 0 Å². The Morgan fingerprint density at radius 1 is 0.780 bits per heavy atom. The molecule has 1 unspecified atom stereocenters. The first-order chi connectivity index (χ1) is 19.8. The molecule has 0 saturated carbocycles. The highest BCUT2D eigenvalue weighted by atomic mass is 16.5. The van der Waals surface area contributed by atoms with Crippen molar-refractivity contribution in [3.63, 3.8) is 0 Å². The Labute approximate surface area is 241 Å². The van der Waals surface area contributed by atoms with E-state index < -0.39 is 11.9 Å². The van der Waals surface area contributed by atoms with Gasteiger partial charge < -0.3 is 18.9 Å². The number of allylic oxidation sites excluding steroid dienone is 2. The summed E-state index contributed by atoms with van der Waals surface area (Å²) in [6.45, 7) is 9.77. The standard InChI is InChI=1S/C35H36O6/c1-23-20-30(14-19-33(23)29-12-17-32(18-13-29)41-35(37)25(3)22-39-5)28-8-6-26(7-9-28)27-10-15-31(16-11-27)40-34(36)24(2)21-38-4/h6,10-20,28H,2-3,7-9,21-22H2,1,4-5H3. The maximum absolute atomic E-state index is 12.1. The molecule has 0 fully saturated rings. The molecule has 0 heterocycles. The molecule has 1 aliphatic rings. The molecule has 0 N–H and O–H groups in total. The van der Waals surface area contributed by atoms with Gasteiger partial charge in [0.05, 0.1) is 24.4 Å². The molecule has 0 radical (unpaired) electrons. The Hall–Kier alpha value is -4.26. The van der Waals surface area contributed by atoms with Crippen LogP contribution < -0.4 is 9.47 Å². The molecule has 0 amide bonds. The molecule has 3 aromatic rings. The summed E-state index contributed by atoms with van der Waals surface area (Å²) in [6, 6.07) is 21.8. The lowest BCUT2D eigenvalue weighted by atomic mass is 9.81. The van der Waals surface area contributed by atoms with E-state index in [-0.39, 0.29) is 24.4 Å². The summed E-state index contributed by atoms with van der Waals surface area (Å²) >= 11 is 0. The number of carbonyl (C=O) groups is 2. The zero-order chi connectivity index (χ0) is 29.4. The van der Waals surface area contributed by atoms with E-state index in [0.717, 1.165) is 36.0 Å². The number of rotatable bonds is 11. The van der Waals surface area contributed by atoms with Gasteiger partial charge in [-0.2, -0.15) is 0 Å². The molecule has 0 bridgehead atoms. The summed E-state index contributed by atoms with van der Waals surface area (Å²) in [5, 5.41) is 0. The van der Waals surface area contributed by atoms with E-state index in [2.05, 4.69) is 44.4 Å². The molecule has 0 aromatic heterocycles. The molecule has 41 heavy (non-hydrogen) atoms. The first kappa shape index (κ1) is 29.7. The molecule has 4 rings (SSSR count). The van der Waals surface area contributed by atoms with Crippen molar-refractivity contribution in [2.45, 2.75) is 32.1 Å². The highest BCUT2D eigenvalue weighted by molar-refractivity contribution is 5.90. The Bertz CT molecular complexity index is 1450. The van der Waals surface area contributed by atoms with Crippen LogP contribution in [0.15, 0.2) is 97.1 Å². The number of methoxy groups -OCH3 is 2. The second-order valence-corrected chi connectivity index (χ2v) is 10.2. The van der Waals surface area contributed by atoms with E-state index in [1.807, 2.05) is 36.4 Å². The van der Waals surface area contributed by atoms with E-state index in [9.17, 15) is 9.59 Å². The summed E-state index contributed by atoms with van der Waals surface area (Å²) in [6.07, 6.45) is 5.33. The number of carbonyl (C=O) groups excluding carboxylic acids is 2. The predicted molar refractivity (Wildman–Crippen MR) is 161 cm³/mol. The van der Waals surface area contributed by atoms with E-state index >= 15 is 0 Å². The lowest BCUT2D eigenvalue weighted by molar-refractivity contribution is -0.131. The maximum Gasteiger partial charge on any atom is 0.341 e. The quantitative estimate of drug-likeness (QED) is 0.142. The van der Waals surface area contributed by atoms with Crippen LogP contribution in [0.2, 0.25) is 0 Å². The normalized spacial score (nSPS) is 14.6. The van der Waals surface area contributed by atoms with Gasteiger partial charge in [0.25, 0.3) is 0 Å². The number of ether oxygens (including phenoxy) is 4. The van der Waals surface area contributed by atoms with Gasteiger partial charge in [-0.05, 0) is 89.8 Å². The fourth-order valence-corrected chi connectivity index (χ4v) is 4.93. The van der Waals surface area contributed by atoms with Gasteiger partial charge in [-0.3, -0.25) is 0 Å². The Morgan fingerprint density at radius 3 is 1.78 bits per heavy atom. The average molecular weight is 553 g/mol. The van der Waals surface area contributed by atoms with E-state index in [0.29, 0.717) is 17.4 Å². The van der Waals surface area contributed by atoms with E-state index in [1.165, 1.54) is 30.9 Å². The maximum atomic E-state index is 12.1. The average Bonchev–Trinajstić information content (AvgIpc) is 2.98. The number of benzene rings is 3. The topological polar surface area (TPSA) is 71.1 Å². The molecule has 0 spiro atoms. The van der Waals surface area contributed by atoms with Crippen LogP contribution in [0.1, 0.15) is 41.9 Å². The molecule has 212 valence electrons. The Kier molecular flexibility index (Phi) is 10.1. The SMILES string of the molecule is C=C(COC)C(=O)Oc1ccc(C2=CCC(c3ccc(-c4ccc(OC(=O)C(=C)COC)cc4)c(C)c3)CC2)cc1. The summed E-state index contributed by atoms with van der Waals surface area (Å²) in [5.74, 6) is 0.444. The van der Waals surface area contributed by atoms with Crippen LogP contribution in [0.4, 0.5) is 0 Å². The molecule has 3 aromatic carbocycles. The van der Waals surface area contributed by atoms with Gasteiger partial charge in [-0.15, -0.1) is 0 Å². The number of hydrogen-bond acceptors (Lipinski definition) is 6. The van der Waals surface area contributed by atoms with Crippen LogP contribution in [-0.4, -0.2) is 39.4 Å². The Balaban J connectivity index is 1.36. The summed E-state index contributed by atoms with van der Waals surface area (Å²) in [4.78, 5) is 24.1. The van der Waals surface area contributed by atoms with Gasteiger partial charge in [-0.25, -0.2) is 9.59 Å². The van der Waals surface area contributed by atoms with Crippen molar-refractivity contribution in [2.75, 3.05) is 27.4 Å². The largest absolute Gasteiger partial charge is 0.423 e. The number of aryl methyl sites for hydroxylation is 1. The van der Waals surface area contributed by atoms with Crippen molar-refractivity contribution in [1.82, 2.24) is 0 Å². The lowest BCUT2D eigenvalue weighted by Gasteiger charge is -2.23. The molecule has 0 saturated heterocycles. The van der Waals surface area contributed by atoms with Crippen molar-refractivity contribution in [3.8, 4) is 22.6 Å². The van der Waals surface area contributed by atoms with Crippen LogP contribution in [0, 0.1) is 6.92 Å². The minimum absolute atomic E-state index is 0.138. The zero-order valence-electron chi connectivity index (χ0n) is 23.9. The number of esters is 2. The molecule has 0 aliphatic heterocycles. The first-order valence-corrected chi connectivity index (χ1v) is 13.6. The van der Waals surface area contributed by atoms with Crippen LogP contribution in [0.25, 0.3) is 16.7 Å². The Morgan fingerprint density at radius 2 is 1.32 bits per heavy atom. The highest BCUT2D eigenvalue weighted by Gasteiger charge is 2.19. The van der Waals surface area contributed by atoms with Gasteiger partial charge in [0.15, 0.2) is 0 Å². The minimum atomic E-state index is -0.493. The fraction of sp³-hybridized carbons (Fsp3) is 0.257. The van der Waals surface area contributed by atoms with Crippen molar-refractivity contribution < 1.29 is 28.5 Å². The van der Waals surface area contributed by atoms with Gasteiger partial charge in [-0.1, -0.05) is 61.7 Å². The van der Waals surface area contributed by atoms with E-state index in [4.69, 9.17) is 18.9 Å². The smallest absolute Gasteiger partial charge is 0.341 e. The second-order valence-electron chi connectivity index (χ2n) is 10.2. The molecule has 6 heteroatoms. The summed E-state index contributed by atoms with van der Waals surface area (Å²) < 4.78 is 20.6. The van der Waals surface area contributed by atoms with E-state index in [1.54, 1.807) is 12.1 Å². The third-order valence-electron chi connectivity index (χ3n) is 7.16. The highest BCUT2D eigenvalue weighted by Crippen LogP contribution is 2.38. The predicted octanol–water partition coefficient (Wildman–Crippen LogP) is 7.23. The van der Waals surface area contributed by atoms with Crippen molar-refractivity contribution >= 4 is 17.5 Å². The molecular weight excluding hydrogens is 516 g/mol. The molecule has 6 nitrogen and oxygen atoms in total. The van der Waals surface area contributed by atoms with Crippen molar-refractivity contribution in [3.05, 3.63) is 114 Å². The second kappa shape index (κ2) is 13.9. The third-order valence-corrected chi connectivity index (χ3v) is 7.16. The van der Waals surface area contributed by atoms with Crippen molar-refractivity contribution in [2.24, 2.45) is 0 Å². The monoisotopic (exact) mass is 552 g/mol. The van der Waals surface area contributed by atoms with Gasteiger partial charge in [0.2, 0.25) is 0 Å². The minimum Gasteiger partial charge on any atom is -0.423 e. The van der Waals surface area contributed by atoms with Gasteiger partial charge >= 0.3 is 11.9 Å². The van der Waals surface area contributed by atoms with Crippen LogP contribution in [0.3, 0.4) is 0 Å².